The molecule has 0 aliphatic carbocycles. The quantitative estimate of drug-likeness (QED) is 0.485. The van der Waals surface area contributed by atoms with Crippen LogP contribution < -0.4 is 0 Å². The summed E-state index contributed by atoms with van der Waals surface area (Å²) in [5.41, 5.74) is 0.169. The summed E-state index contributed by atoms with van der Waals surface area (Å²) < 4.78 is 40.9. The van der Waals surface area contributed by atoms with Gasteiger partial charge < -0.3 is 15.0 Å². The smallest absolute Gasteiger partial charge is 0.390 e. The van der Waals surface area contributed by atoms with Crippen LogP contribution in [0.4, 0.5) is 19.1 Å². The molecule has 126 valence electrons. The minimum absolute atomic E-state index is 0.0208. The molecule has 1 amide bonds. The standard InChI is InChI=1S/C14H11F3N4O3/c15-10-3-8(4-11(16)13(10)17)9-5-12(22)20(6-9)7-19-2-1-18-14(19)21(23)24/h1-4,9H,5-7H2. The van der Waals surface area contributed by atoms with E-state index in [1.165, 1.54) is 21.9 Å². The summed E-state index contributed by atoms with van der Waals surface area (Å²) >= 11 is 0. The molecule has 1 unspecified atom stereocenters. The maximum absolute atomic E-state index is 13.3. The Bertz CT molecular complexity index is 800. The van der Waals surface area contributed by atoms with Crippen LogP contribution in [0.2, 0.25) is 0 Å². The molecule has 0 spiro atoms. The van der Waals surface area contributed by atoms with Gasteiger partial charge in [-0.2, -0.15) is 0 Å². The zero-order chi connectivity index (χ0) is 17.4. The molecule has 1 saturated heterocycles. The van der Waals surface area contributed by atoms with E-state index in [9.17, 15) is 28.1 Å². The van der Waals surface area contributed by atoms with Gasteiger partial charge in [-0.05, 0) is 22.6 Å². The Morgan fingerprint density at radius 1 is 1.29 bits per heavy atom. The van der Waals surface area contributed by atoms with Crippen LogP contribution in [-0.4, -0.2) is 31.8 Å². The highest BCUT2D eigenvalue weighted by atomic mass is 19.2. The number of carbonyl (C=O) groups is 1. The third-order valence-electron chi connectivity index (χ3n) is 3.87. The highest BCUT2D eigenvalue weighted by Gasteiger charge is 2.33. The molecule has 1 fully saturated rings. The highest BCUT2D eigenvalue weighted by molar-refractivity contribution is 5.79. The number of amides is 1. The summed E-state index contributed by atoms with van der Waals surface area (Å²) in [4.78, 5) is 27.1. The van der Waals surface area contributed by atoms with Gasteiger partial charge in [0, 0.05) is 18.9 Å². The molecule has 1 atom stereocenters. The fraction of sp³-hybridized carbons (Fsp3) is 0.286. The second kappa shape index (κ2) is 5.95. The van der Waals surface area contributed by atoms with Gasteiger partial charge in [-0.25, -0.2) is 17.7 Å². The Hall–Kier alpha value is -2.91. The van der Waals surface area contributed by atoms with Crippen molar-refractivity contribution in [2.75, 3.05) is 6.54 Å². The predicted octanol–water partition coefficient (Wildman–Crippen LogP) is 2.18. The summed E-state index contributed by atoms with van der Waals surface area (Å²) in [6, 6.07) is 1.72. The Labute approximate surface area is 133 Å². The van der Waals surface area contributed by atoms with Crippen LogP contribution in [0.3, 0.4) is 0 Å². The number of hydrogen-bond acceptors (Lipinski definition) is 4. The largest absolute Gasteiger partial charge is 0.436 e. The third-order valence-corrected chi connectivity index (χ3v) is 3.87. The molecule has 24 heavy (non-hydrogen) atoms. The maximum atomic E-state index is 13.3. The van der Waals surface area contributed by atoms with Crippen molar-refractivity contribution in [2.45, 2.75) is 19.0 Å². The second-order valence-electron chi connectivity index (χ2n) is 5.41. The van der Waals surface area contributed by atoms with E-state index in [0.717, 1.165) is 12.1 Å². The number of nitro groups is 1. The van der Waals surface area contributed by atoms with Crippen molar-refractivity contribution in [2.24, 2.45) is 0 Å². The van der Waals surface area contributed by atoms with Gasteiger partial charge >= 0.3 is 5.95 Å². The number of halogens is 3. The topological polar surface area (TPSA) is 81.3 Å². The number of likely N-dealkylation sites (tertiary alicyclic amines) is 1. The molecule has 1 aromatic carbocycles. The minimum Gasteiger partial charge on any atom is -0.390 e. The molecule has 7 nitrogen and oxygen atoms in total. The average molecular weight is 340 g/mol. The van der Waals surface area contributed by atoms with Crippen molar-refractivity contribution < 1.29 is 22.9 Å². The summed E-state index contributed by atoms with van der Waals surface area (Å²) in [7, 11) is 0. The normalized spacial score (nSPS) is 17.5. The molecular formula is C14H11F3N4O3. The van der Waals surface area contributed by atoms with Gasteiger partial charge in [0.2, 0.25) is 5.91 Å². The van der Waals surface area contributed by atoms with E-state index in [-0.39, 0.29) is 31.1 Å². The molecule has 0 bridgehead atoms. The summed E-state index contributed by atoms with van der Waals surface area (Å²) in [5.74, 6) is -5.46. The Morgan fingerprint density at radius 2 is 1.96 bits per heavy atom. The van der Waals surface area contributed by atoms with E-state index < -0.39 is 34.2 Å². The second-order valence-corrected chi connectivity index (χ2v) is 5.41. The molecule has 1 aromatic heterocycles. The van der Waals surface area contributed by atoms with Crippen LogP contribution >= 0.6 is 0 Å². The van der Waals surface area contributed by atoms with Crippen molar-refractivity contribution in [3.8, 4) is 0 Å². The fourth-order valence-electron chi connectivity index (χ4n) is 2.71. The number of rotatable bonds is 4. The van der Waals surface area contributed by atoms with Gasteiger partial charge in [0.1, 0.15) is 19.1 Å². The molecular weight excluding hydrogens is 329 g/mol. The Morgan fingerprint density at radius 3 is 2.58 bits per heavy atom. The van der Waals surface area contributed by atoms with Crippen LogP contribution in [0.15, 0.2) is 24.5 Å². The van der Waals surface area contributed by atoms with Gasteiger partial charge in [-0.1, -0.05) is 4.98 Å². The lowest BCUT2D eigenvalue weighted by molar-refractivity contribution is -0.397. The molecule has 2 aromatic rings. The van der Waals surface area contributed by atoms with Gasteiger partial charge in [0.05, 0.1) is 0 Å². The van der Waals surface area contributed by atoms with Gasteiger partial charge in [0.25, 0.3) is 0 Å². The summed E-state index contributed by atoms with van der Waals surface area (Å²) in [6.07, 6.45) is 2.57. The first-order valence-corrected chi connectivity index (χ1v) is 6.94. The summed E-state index contributed by atoms with van der Waals surface area (Å²) in [6.45, 7) is 0.0104. The fourth-order valence-corrected chi connectivity index (χ4v) is 2.71. The van der Waals surface area contributed by atoms with Gasteiger partial charge in [-0.3, -0.25) is 4.79 Å². The third kappa shape index (κ3) is 2.82. The van der Waals surface area contributed by atoms with Crippen molar-refractivity contribution in [3.05, 3.63) is 57.7 Å². The number of imidazole rings is 1. The van der Waals surface area contributed by atoms with Crippen LogP contribution in [-0.2, 0) is 11.5 Å². The van der Waals surface area contributed by atoms with Gasteiger partial charge in [0.15, 0.2) is 17.5 Å². The molecule has 3 rings (SSSR count). The van der Waals surface area contributed by atoms with Crippen molar-refractivity contribution >= 4 is 11.9 Å². The Kier molecular flexibility index (Phi) is 3.96. The number of aromatic nitrogens is 2. The molecule has 2 heterocycles. The molecule has 0 radical (unpaired) electrons. The average Bonchev–Trinajstić information content (AvgIpc) is 3.12. The lowest BCUT2D eigenvalue weighted by Gasteiger charge is -2.16. The molecule has 0 N–H and O–H groups in total. The van der Waals surface area contributed by atoms with Gasteiger partial charge in [-0.15, -0.1) is 0 Å². The number of nitrogens with zero attached hydrogens (tertiary/aromatic N) is 4. The van der Waals surface area contributed by atoms with E-state index >= 15 is 0 Å². The first kappa shape index (κ1) is 16.0. The van der Waals surface area contributed by atoms with Crippen molar-refractivity contribution in [1.82, 2.24) is 14.5 Å². The first-order chi connectivity index (χ1) is 11.4. The lowest BCUT2D eigenvalue weighted by Crippen LogP contribution is -2.28. The number of carbonyl (C=O) groups excluding carboxylic acids is 1. The van der Waals surface area contributed by atoms with Crippen LogP contribution in [0.1, 0.15) is 17.9 Å². The van der Waals surface area contributed by atoms with Crippen LogP contribution in [0, 0.1) is 27.6 Å². The van der Waals surface area contributed by atoms with E-state index in [2.05, 4.69) is 4.98 Å². The molecule has 1 aliphatic rings. The molecule has 1 aliphatic heterocycles. The monoisotopic (exact) mass is 340 g/mol. The van der Waals surface area contributed by atoms with Crippen LogP contribution in [0.5, 0.6) is 0 Å². The maximum Gasteiger partial charge on any atom is 0.436 e. The minimum atomic E-state index is -1.56. The summed E-state index contributed by atoms with van der Waals surface area (Å²) in [5, 5.41) is 10.8. The highest BCUT2D eigenvalue weighted by Crippen LogP contribution is 2.30. The predicted molar refractivity (Wildman–Crippen MR) is 74.3 cm³/mol. The lowest BCUT2D eigenvalue weighted by atomic mass is 9.98. The zero-order valence-electron chi connectivity index (χ0n) is 12.2. The van der Waals surface area contributed by atoms with Crippen LogP contribution in [0.25, 0.3) is 0 Å². The van der Waals surface area contributed by atoms with E-state index in [0.29, 0.717) is 0 Å². The van der Waals surface area contributed by atoms with E-state index in [1.54, 1.807) is 0 Å². The number of benzene rings is 1. The first-order valence-electron chi connectivity index (χ1n) is 6.94. The number of hydrogen-bond donors (Lipinski definition) is 0. The van der Waals surface area contributed by atoms with E-state index in [4.69, 9.17) is 0 Å². The molecule has 10 heteroatoms. The SMILES string of the molecule is O=C1CC(c2cc(F)c(F)c(F)c2)CN1Cn1ccnc1[N+](=O)[O-]. The van der Waals surface area contributed by atoms with E-state index in [1.807, 2.05) is 0 Å². The zero-order valence-corrected chi connectivity index (χ0v) is 12.2. The van der Waals surface area contributed by atoms with Crippen molar-refractivity contribution in [3.63, 3.8) is 0 Å². The molecule has 0 saturated carbocycles. The Balaban J connectivity index is 1.79. The van der Waals surface area contributed by atoms with Crippen molar-refractivity contribution in [1.29, 1.82) is 0 Å².